The molecule has 3 heterocycles. The maximum Gasteiger partial charge on any atom is 0.288 e. The summed E-state index contributed by atoms with van der Waals surface area (Å²) in [4.78, 5) is 15.4. The van der Waals surface area contributed by atoms with Crippen molar-refractivity contribution in [1.82, 2.24) is 4.98 Å². The first-order valence-corrected chi connectivity index (χ1v) is 5.12. The highest BCUT2D eigenvalue weighted by Gasteiger charge is 2.16. The van der Waals surface area contributed by atoms with E-state index in [1.54, 1.807) is 0 Å². The van der Waals surface area contributed by atoms with E-state index >= 15 is 0 Å². The van der Waals surface area contributed by atoms with Crippen LogP contribution in [0.3, 0.4) is 0 Å². The Hall–Kier alpha value is -1.88. The minimum atomic E-state index is -0.311. The second kappa shape index (κ2) is 2.80. The third-order valence-corrected chi connectivity index (χ3v) is 3.13. The first-order chi connectivity index (χ1) is 7.27. The van der Waals surface area contributed by atoms with Crippen LogP contribution in [0.5, 0.6) is 5.75 Å². The normalized spacial score (nSPS) is 11.2. The summed E-state index contributed by atoms with van der Waals surface area (Å²) in [5, 5.41) is 12.1. The zero-order valence-corrected chi connectivity index (χ0v) is 8.25. The van der Waals surface area contributed by atoms with Crippen LogP contribution in [0, 0.1) is 0 Å². The van der Waals surface area contributed by atoms with Gasteiger partial charge in [0.05, 0.1) is 0 Å². The fourth-order valence-electron chi connectivity index (χ4n) is 1.56. The SMILES string of the molecule is O=c1nc2c(O)cocc-2c2ccsc12. The molecule has 0 saturated carbocycles. The molecule has 1 N–H and O–H groups in total. The highest BCUT2D eigenvalue weighted by atomic mass is 32.1. The predicted molar refractivity (Wildman–Crippen MR) is 56.4 cm³/mol. The lowest BCUT2D eigenvalue weighted by atomic mass is 10.1. The number of aromatic nitrogens is 1. The third kappa shape index (κ3) is 1.07. The van der Waals surface area contributed by atoms with Gasteiger partial charge in [0.1, 0.15) is 22.9 Å². The second-order valence-corrected chi connectivity index (χ2v) is 4.02. The first-order valence-electron chi connectivity index (χ1n) is 4.24. The van der Waals surface area contributed by atoms with E-state index in [1.165, 1.54) is 17.6 Å². The highest BCUT2D eigenvalue weighted by molar-refractivity contribution is 7.17. The number of nitrogens with zero attached hydrogens (tertiary/aromatic N) is 1. The Bertz CT molecular complexity index is 670. The van der Waals surface area contributed by atoms with E-state index in [4.69, 9.17) is 4.42 Å². The van der Waals surface area contributed by atoms with Crippen molar-refractivity contribution in [3.8, 4) is 17.0 Å². The fourth-order valence-corrected chi connectivity index (χ4v) is 2.36. The summed E-state index contributed by atoms with van der Waals surface area (Å²) in [6.07, 6.45) is 2.64. The molecule has 3 rings (SSSR count). The van der Waals surface area contributed by atoms with E-state index in [2.05, 4.69) is 4.98 Å². The van der Waals surface area contributed by atoms with E-state index in [9.17, 15) is 9.90 Å². The van der Waals surface area contributed by atoms with Gasteiger partial charge >= 0.3 is 0 Å². The lowest BCUT2D eigenvalue weighted by Gasteiger charge is -2.04. The average Bonchev–Trinajstić information content (AvgIpc) is 2.69. The Morgan fingerprint density at radius 3 is 3.13 bits per heavy atom. The number of aromatic hydroxyl groups is 1. The lowest BCUT2D eigenvalue weighted by Crippen LogP contribution is -2.06. The molecule has 1 aromatic rings. The van der Waals surface area contributed by atoms with Gasteiger partial charge in [0.15, 0.2) is 5.75 Å². The fraction of sp³-hybridized carbons (Fsp3) is 0. The van der Waals surface area contributed by atoms with Crippen LogP contribution < -0.4 is 5.56 Å². The highest BCUT2D eigenvalue weighted by Crippen LogP contribution is 2.34. The number of fused-ring (bicyclic) bond motifs is 3. The summed E-state index contributed by atoms with van der Waals surface area (Å²) < 4.78 is 5.54. The standard InChI is InChI=1S/C10H5NO3S/c12-7-4-14-3-6-5-1-2-15-9(5)10(13)11-8(6)7/h1-4,12H. The van der Waals surface area contributed by atoms with Crippen molar-refractivity contribution >= 4 is 21.4 Å². The molecule has 0 unspecified atom stereocenters. The van der Waals surface area contributed by atoms with E-state index in [1.807, 2.05) is 11.4 Å². The van der Waals surface area contributed by atoms with Crippen molar-refractivity contribution in [2.45, 2.75) is 0 Å². The summed E-state index contributed by atoms with van der Waals surface area (Å²) >= 11 is 1.34. The number of thiophene rings is 1. The van der Waals surface area contributed by atoms with Crippen molar-refractivity contribution in [2.24, 2.45) is 0 Å². The molecule has 0 aromatic carbocycles. The van der Waals surface area contributed by atoms with Crippen molar-refractivity contribution in [3.63, 3.8) is 0 Å². The minimum Gasteiger partial charge on any atom is -0.503 e. The molecule has 5 heteroatoms. The molecule has 1 aromatic heterocycles. The Labute approximate surface area is 87.8 Å². The van der Waals surface area contributed by atoms with E-state index in [0.717, 1.165) is 11.6 Å². The molecule has 0 aliphatic carbocycles. The third-order valence-electron chi connectivity index (χ3n) is 2.23. The minimum absolute atomic E-state index is 0.113. The Balaban J connectivity index is 2.64. The second-order valence-electron chi connectivity index (χ2n) is 3.10. The van der Waals surface area contributed by atoms with Crippen molar-refractivity contribution in [1.29, 1.82) is 0 Å². The lowest BCUT2D eigenvalue weighted by molar-refractivity contribution is 0.435. The van der Waals surface area contributed by atoms with Gasteiger partial charge in [-0.05, 0) is 11.4 Å². The van der Waals surface area contributed by atoms with E-state index in [-0.39, 0.29) is 17.0 Å². The molecule has 15 heavy (non-hydrogen) atoms. The summed E-state index contributed by atoms with van der Waals surface area (Å²) in [5.41, 5.74) is 0.636. The smallest absolute Gasteiger partial charge is 0.288 e. The molecule has 0 saturated heterocycles. The number of hydrogen-bond donors (Lipinski definition) is 1. The quantitative estimate of drug-likeness (QED) is 0.628. The largest absolute Gasteiger partial charge is 0.503 e. The molecule has 4 nitrogen and oxygen atoms in total. The maximum absolute atomic E-state index is 11.6. The van der Waals surface area contributed by atoms with Gasteiger partial charge in [0.25, 0.3) is 5.56 Å². The van der Waals surface area contributed by atoms with Crippen LogP contribution in [-0.2, 0) is 0 Å². The van der Waals surface area contributed by atoms with Crippen LogP contribution in [0.2, 0.25) is 0 Å². The number of pyridine rings is 1. The maximum atomic E-state index is 11.6. The Morgan fingerprint density at radius 2 is 2.27 bits per heavy atom. The van der Waals surface area contributed by atoms with Gasteiger partial charge in [-0.1, -0.05) is 0 Å². The van der Waals surface area contributed by atoms with Crippen LogP contribution in [0.4, 0.5) is 0 Å². The summed E-state index contributed by atoms with van der Waals surface area (Å²) in [6.45, 7) is 0. The molecular formula is C10H5NO3S. The van der Waals surface area contributed by atoms with E-state index in [0.29, 0.717) is 10.3 Å². The van der Waals surface area contributed by atoms with Crippen LogP contribution in [-0.4, -0.2) is 10.1 Å². The van der Waals surface area contributed by atoms with Crippen LogP contribution in [0.15, 0.2) is 33.2 Å². The zero-order valence-electron chi connectivity index (χ0n) is 7.43. The van der Waals surface area contributed by atoms with Gasteiger partial charge in [0, 0.05) is 10.9 Å². The van der Waals surface area contributed by atoms with Crippen molar-refractivity contribution in [2.75, 3.05) is 0 Å². The summed E-state index contributed by atoms with van der Waals surface area (Å²) in [7, 11) is 0. The van der Waals surface area contributed by atoms with Crippen molar-refractivity contribution < 1.29 is 9.52 Å². The van der Waals surface area contributed by atoms with Crippen LogP contribution in [0.25, 0.3) is 21.3 Å². The van der Waals surface area contributed by atoms with Gasteiger partial charge < -0.3 is 9.52 Å². The molecule has 2 aliphatic heterocycles. The molecular weight excluding hydrogens is 214 g/mol. The molecule has 0 spiro atoms. The topological polar surface area (TPSA) is 63.3 Å². The van der Waals surface area contributed by atoms with Crippen molar-refractivity contribution in [3.05, 3.63) is 34.3 Å². The van der Waals surface area contributed by atoms with Crippen LogP contribution in [0.1, 0.15) is 0 Å². The summed E-state index contributed by atoms with van der Waals surface area (Å²) in [5.74, 6) is -0.113. The average molecular weight is 219 g/mol. The van der Waals surface area contributed by atoms with Gasteiger partial charge in [-0.25, -0.2) is 4.98 Å². The Morgan fingerprint density at radius 1 is 1.40 bits per heavy atom. The van der Waals surface area contributed by atoms with Crippen LogP contribution >= 0.6 is 11.3 Å². The van der Waals surface area contributed by atoms with Gasteiger partial charge in [-0.3, -0.25) is 4.79 Å². The molecule has 74 valence electrons. The summed E-state index contributed by atoms with van der Waals surface area (Å²) in [6, 6.07) is 1.82. The Kier molecular flexibility index (Phi) is 1.58. The number of hydrogen-bond acceptors (Lipinski definition) is 5. The van der Waals surface area contributed by atoms with E-state index < -0.39 is 0 Å². The van der Waals surface area contributed by atoms with Gasteiger partial charge in [-0.15, -0.1) is 11.3 Å². The molecule has 2 aliphatic rings. The first kappa shape index (κ1) is 8.43. The molecule has 0 amide bonds. The van der Waals surface area contributed by atoms with Gasteiger partial charge in [-0.2, -0.15) is 0 Å². The molecule has 0 fully saturated rings. The predicted octanol–water partition coefficient (Wildman–Crippen LogP) is 2.06. The number of rotatable bonds is 0. The molecule has 0 radical (unpaired) electrons. The monoisotopic (exact) mass is 219 g/mol. The van der Waals surface area contributed by atoms with Gasteiger partial charge in [0.2, 0.25) is 0 Å². The molecule has 0 atom stereocenters. The zero-order chi connectivity index (χ0) is 10.4. The molecule has 0 bridgehead atoms.